The molecule has 1 aromatic heterocycles. The molecule has 5 nitrogen and oxygen atoms in total. The highest BCUT2D eigenvalue weighted by atomic mass is 16.2. The molecule has 1 unspecified atom stereocenters. The maximum atomic E-state index is 11.9. The molecule has 0 bridgehead atoms. The van der Waals surface area contributed by atoms with Gasteiger partial charge in [0.15, 0.2) is 0 Å². The van der Waals surface area contributed by atoms with Gasteiger partial charge in [-0.3, -0.25) is 14.6 Å². The second kappa shape index (κ2) is 7.93. The van der Waals surface area contributed by atoms with Crippen molar-refractivity contribution < 1.29 is 9.59 Å². The van der Waals surface area contributed by atoms with Crippen molar-refractivity contribution in [2.45, 2.75) is 19.4 Å². The van der Waals surface area contributed by atoms with Gasteiger partial charge in [0.2, 0.25) is 5.91 Å². The number of amides is 2. The lowest BCUT2D eigenvalue weighted by Crippen LogP contribution is -2.32. The Morgan fingerprint density at radius 1 is 1.14 bits per heavy atom. The summed E-state index contributed by atoms with van der Waals surface area (Å²) in [6.45, 7) is 2.21. The summed E-state index contributed by atoms with van der Waals surface area (Å²) in [4.78, 5) is 27.7. The molecule has 0 saturated heterocycles. The first-order valence-corrected chi connectivity index (χ1v) is 7.19. The number of nitrogens with one attached hydrogen (secondary N) is 2. The molecule has 1 aromatic carbocycles. The Kier molecular flexibility index (Phi) is 5.65. The highest BCUT2D eigenvalue weighted by Gasteiger charge is 2.10. The summed E-state index contributed by atoms with van der Waals surface area (Å²) in [6, 6.07) is 12.6. The minimum atomic E-state index is -0.172. The molecule has 22 heavy (non-hydrogen) atoms. The van der Waals surface area contributed by atoms with Crippen molar-refractivity contribution in [3.63, 3.8) is 0 Å². The van der Waals surface area contributed by atoms with Crippen molar-refractivity contribution >= 4 is 11.8 Å². The number of carbonyl (C=O) groups excluding carboxylic acids is 2. The third-order valence-corrected chi connectivity index (χ3v) is 3.24. The minimum Gasteiger partial charge on any atom is -0.352 e. The number of carbonyl (C=O) groups is 2. The van der Waals surface area contributed by atoms with Crippen molar-refractivity contribution in [3.05, 3.63) is 66.0 Å². The van der Waals surface area contributed by atoms with E-state index in [1.54, 1.807) is 36.7 Å². The smallest absolute Gasteiger partial charge is 0.251 e. The van der Waals surface area contributed by atoms with Crippen molar-refractivity contribution in [2.75, 3.05) is 6.54 Å². The lowest BCUT2D eigenvalue weighted by atomic mass is 10.1. The fraction of sp³-hybridized carbons (Fsp3) is 0.235. The second-order valence-electron chi connectivity index (χ2n) is 4.95. The minimum absolute atomic E-state index is 0.106. The van der Waals surface area contributed by atoms with Crippen LogP contribution in [0.5, 0.6) is 0 Å². The molecule has 1 atom stereocenters. The first-order valence-electron chi connectivity index (χ1n) is 7.19. The Morgan fingerprint density at radius 2 is 1.91 bits per heavy atom. The van der Waals surface area contributed by atoms with Crippen LogP contribution in [0.3, 0.4) is 0 Å². The van der Waals surface area contributed by atoms with Crippen molar-refractivity contribution in [2.24, 2.45) is 0 Å². The number of benzene rings is 1. The summed E-state index contributed by atoms with van der Waals surface area (Å²) < 4.78 is 0. The Labute approximate surface area is 129 Å². The van der Waals surface area contributed by atoms with Gasteiger partial charge >= 0.3 is 0 Å². The first-order chi connectivity index (χ1) is 10.7. The molecule has 2 N–H and O–H groups in total. The molecule has 114 valence electrons. The normalized spacial score (nSPS) is 11.5. The molecule has 2 rings (SSSR count). The predicted octanol–water partition coefficient (Wildman–Crippen LogP) is 2.08. The number of hydrogen-bond donors (Lipinski definition) is 2. The second-order valence-corrected chi connectivity index (χ2v) is 4.95. The molecule has 0 radical (unpaired) electrons. The number of rotatable bonds is 6. The van der Waals surface area contributed by atoms with Crippen LogP contribution in [0.25, 0.3) is 0 Å². The van der Waals surface area contributed by atoms with Gasteiger partial charge in [0, 0.05) is 30.9 Å². The van der Waals surface area contributed by atoms with Gasteiger partial charge < -0.3 is 10.6 Å². The highest BCUT2D eigenvalue weighted by molar-refractivity contribution is 5.94. The topological polar surface area (TPSA) is 71.1 Å². The fourth-order valence-electron chi connectivity index (χ4n) is 2.01. The van der Waals surface area contributed by atoms with E-state index in [1.165, 1.54) is 0 Å². The molecule has 0 aliphatic carbocycles. The molecule has 0 saturated carbocycles. The molecule has 0 fully saturated rings. The molecule has 0 spiro atoms. The van der Waals surface area contributed by atoms with Gasteiger partial charge in [-0.2, -0.15) is 0 Å². The van der Waals surface area contributed by atoms with Crippen molar-refractivity contribution in [1.82, 2.24) is 15.6 Å². The largest absolute Gasteiger partial charge is 0.352 e. The summed E-state index contributed by atoms with van der Waals surface area (Å²) >= 11 is 0. The van der Waals surface area contributed by atoms with E-state index in [4.69, 9.17) is 0 Å². The fourth-order valence-corrected chi connectivity index (χ4v) is 2.01. The van der Waals surface area contributed by atoms with E-state index in [-0.39, 0.29) is 24.3 Å². The van der Waals surface area contributed by atoms with Crippen LogP contribution in [0.4, 0.5) is 0 Å². The van der Waals surface area contributed by atoms with E-state index >= 15 is 0 Å². The zero-order valence-corrected chi connectivity index (χ0v) is 12.5. The summed E-state index contributed by atoms with van der Waals surface area (Å²) in [6.07, 6.45) is 3.66. The number of hydrogen-bond acceptors (Lipinski definition) is 3. The molecule has 0 aliphatic heterocycles. The monoisotopic (exact) mass is 297 g/mol. The zero-order chi connectivity index (χ0) is 15.8. The standard InChI is InChI=1S/C17H19N3O2/c1-13(15-8-5-10-18-12-15)20-16(21)9-11-19-17(22)14-6-3-2-4-7-14/h2-8,10,12-13H,9,11H2,1H3,(H,19,22)(H,20,21). The lowest BCUT2D eigenvalue weighted by Gasteiger charge is -2.14. The van der Waals surface area contributed by atoms with E-state index in [1.807, 2.05) is 25.1 Å². The van der Waals surface area contributed by atoms with Gasteiger partial charge in [-0.15, -0.1) is 0 Å². The van der Waals surface area contributed by atoms with Crippen LogP contribution in [0.2, 0.25) is 0 Å². The van der Waals surface area contributed by atoms with Gasteiger partial charge in [-0.25, -0.2) is 0 Å². The quantitative estimate of drug-likeness (QED) is 0.857. The third-order valence-electron chi connectivity index (χ3n) is 3.24. The maximum Gasteiger partial charge on any atom is 0.251 e. The van der Waals surface area contributed by atoms with E-state index in [2.05, 4.69) is 15.6 Å². The van der Waals surface area contributed by atoms with E-state index in [9.17, 15) is 9.59 Å². The van der Waals surface area contributed by atoms with Gasteiger partial charge in [-0.05, 0) is 30.7 Å². The summed E-state index contributed by atoms with van der Waals surface area (Å²) in [7, 11) is 0. The predicted molar refractivity (Wildman–Crippen MR) is 84.2 cm³/mol. The maximum absolute atomic E-state index is 11.9. The number of nitrogens with zero attached hydrogens (tertiary/aromatic N) is 1. The molecule has 5 heteroatoms. The summed E-state index contributed by atoms with van der Waals surface area (Å²) in [5.74, 6) is -0.279. The molecule has 2 amide bonds. The van der Waals surface area contributed by atoms with Crippen LogP contribution in [0, 0.1) is 0 Å². The summed E-state index contributed by atoms with van der Waals surface area (Å²) in [5, 5.41) is 5.61. The van der Waals surface area contributed by atoms with E-state index in [0.717, 1.165) is 5.56 Å². The van der Waals surface area contributed by atoms with Crippen LogP contribution in [0.15, 0.2) is 54.9 Å². The summed E-state index contributed by atoms with van der Waals surface area (Å²) in [5.41, 5.74) is 1.54. The molecule has 2 aromatic rings. The van der Waals surface area contributed by atoms with Crippen LogP contribution in [0.1, 0.15) is 35.3 Å². The van der Waals surface area contributed by atoms with Gasteiger partial charge in [-0.1, -0.05) is 24.3 Å². The Morgan fingerprint density at radius 3 is 2.59 bits per heavy atom. The van der Waals surface area contributed by atoms with Crippen LogP contribution >= 0.6 is 0 Å². The molecule has 1 heterocycles. The van der Waals surface area contributed by atoms with Crippen molar-refractivity contribution in [1.29, 1.82) is 0 Å². The van der Waals surface area contributed by atoms with Crippen LogP contribution in [-0.2, 0) is 4.79 Å². The third kappa shape index (κ3) is 4.70. The Hall–Kier alpha value is -2.69. The van der Waals surface area contributed by atoms with E-state index < -0.39 is 0 Å². The van der Waals surface area contributed by atoms with Crippen LogP contribution in [-0.4, -0.2) is 23.3 Å². The van der Waals surface area contributed by atoms with Gasteiger partial charge in [0.05, 0.1) is 6.04 Å². The van der Waals surface area contributed by atoms with Gasteiger partial charge in [0.1, 0.15) is 0 Å². The average molecular weight is 297 g/mol. The lowest BCUT2D eigenvalue weighted by molar-refractivity contribution is -0.121. The van der Waals surface area contributed by atoms with Crippen LogP contribution < -0.4 is 10.6 Å². The number of aromatic nitrogens is 1. The molecular formula is C17H19N3O2. The van der Waals surface area contributed by atoms with E-state index in [0.29, 0.717) is 12.1 Å². The zero-order valence-electron chi connectivity index (χ0n) is 12.5. The molecular weight excluding hydrogens is 278 g/mol. The number of pyridine rings is 1. The highest BCUT2D eigenvalue weighted by Crippen LogP contribution is 2.09. The first kappa shape index (κ1) is 15.7. The average Bonchev–Trinajstić information content (AvgIpc) is 2.56. The Balaban J connectivity index is 1.73. The molecule has 0 aliphatic rings. The SMILES string of the molecule is CC(NC(=O)CCNC(=O)c1ccccc1)c1cccnc1. The Bertz CT molecular complexity index is 614. The van der Waals surface area contributed by atoms with Gasteiger partial charge in [0.25, 0.3) is 5.91 Å². The van der Waals surface area contributed by atoms with Crippen molar-refractivity contribution in [3.8, 4) is 0 Å².